The number of hydrogen-bond acceptors (Lipinski definition) is 4. The summed E-state index contributed by atoms with van der Waals surface area (Å²) in [4.78, 5) is 42.6. The number of aryl methyl sites for hydroxylation is 1. The maximum atomic E-state index is 13.8. The van der Waals surface area contributed by atoms with E-state index in [0.717, 1.165) is 0 Å². The summed E-state index contributed by atoms with van der Waals surface area (Å²) >= 11 is 0. The molecule has 1 unspecified atom stereocenters. The molecule has 0 aliphatic carbocycles. The number of nitrogens with one attached hydrogen (secondary N) is 2. The number of H-pyrrole nitrogens is 1. The zero-order chi connectivity index (χ0) is 22.5. The van der Waals surface area contributed by atoms with Crippen molar-refractivity contribution in [3.05, 3.63) is 58.2 Å². The molecule has 2 N–H and O–H groups in total. The normalized spacial score (nSPS) is 16.1. The molecule has 3 rings (SSSR count). The summed E-state index contributed by atoms with van der Waals surface area (Å²) in [5, 5.41) is 2.78. The number of aromatic nitrogens is 1. The van der Waals surface area contributed by atoms with Crippen LogP contribution < -0.4 is 5.32 Å². The summed E-state index contributed by atoms with van der Waals surface area (Å²) in [6.07, 6.45) is 1.34. The highest BCUT2D eigenvalue weighted by molar-refractivity contribution is 6.00. The summed E-state index contributed by atoms with van der Waals surface area (Å²) in [5.74, 6) is -1.64. The van der Waals surface area contributed by atoms with Crippen molar-refractivity contribution in [2.75, 3.05) is 19.7 Å². The van der Waals surface area contributed by atoms with Crippen molar-refractivity contribution in [1.82, 2.24) is 15.2 Å². The molecule has 166 valence electrons. The summed E-state index contributed by atoms with van der Waals surface area (Å²) < 4.78 is 18.9. The van der Waals surface area contributed by atoms with Gasteiger partial charge in [0, 0.05) is 30.9 Å². The van der Waals surface area contributed by atoms with Gasteiger partial charge < -0.3 is 19.9 Å². The van der Waals surface area contributed by atoms with Crippen molar-refractivity contribution in [3.8, 4) is 0 Å². The SMILES string of the molecule is CCOC(=O)c1c(C)[nH]c(C(=O)N2CCCC(C(=O)NCc3ccccc3F)C2)c1C. The number of aromatic amines is 1. The van der Waals surface area contributed by atoms with Crippen LogP contribution in [0.25, 0.3) is 0 Å². The first-order valence-corrected chi connectivity index (χ1v) is 10.5. The average molecular weight is 429 g/mol. The van der Waals surface area contributed by atoms with Crippen molar-refractivity contribution in [1.29, 1.82) is 0 Å². The number of benzene rings is 1. The van der Waals surface area contributed by atoms with E-state index in [1.807, 2.05) is 0 Å². The number of nitrogens with zero attached hydrogens (tertiary/aromatic N) is 1. The van der Waals surface area contributed by atoms with E-state index in [4.69, 9.17) is 4.74 Å². The molecule has 1 fully saturated rings. The first-order valence-electron chi connectivity index (χ1n) is 10.5. The second-order valence-corrected chi connectivity index (χ2v) is 7.75. The number of carbonyl (C=O) groups excluding carboxylic acids is 3. The molecular formula is C23H28FN3O4. The zero-order valence-electron chi connectivity index (χ0n) is 18.1. The molecule has 1 aromatic heterocycles. The number of hydrogen-bond donors (Lipinski definition) is 2. The van der Waals surface area contributed by atoms with E-state index in [0.29, 0.717) is 47.5 Å². The van der Waals surface area contributed by atoms with Gasteiger partial charge >= 0.3 is 5.97 Å². The third kappa shape index (κ3) is 4.95. The third-order valence-corrected chi connectivity index (χ3v) is 5.62. The van der Waals surface area contributed by atoms with Crippen LogP contribution in [0.2, 0.25) is 0 Å². The van der Waals surface area contributed by atoms with Gasteiger partial charge in [-0.2, -0.15) is 0 Å². The van der Waals surface area contributed by atoms with Crippen molar-refractivity contribution in [2.45, 2.75) is 40.2 Å². The molecule has 31 heavy (non-hydrogen) atoms. The lowest BCUT2D eigenvalue weighted by Gasteiger charge is -2.32. The number of rotatable bonds is 6. The van der Waals surface area contributed by atoms with Gasteiger partial charge in [-0.3, -0.25) is 9.59 Å². The Labute approximate surface area is 181 Å². The van der Waals surface area contributed by atoms with E-state index < -0.39 is 5.97 Å². The van der Waals surface area contributed by atoms with Gasteiger partial charge in [-0.1, -0.05) is 18.2 Å². The predicted octanol–water partition coefficient (Wildman–Crippen LogP) is 3.12. The maximum Gasteiger partial charge on any atom is 0.340 e. The smallest absolute Gasteiger partial charge is 0.340 e. The minimum Gasteiger partial charge on any atom is -0.462 e. The van der Waals surface area contributed by atoms with Crippen molar-refractivity contribution in [3.63, 3.8) is 0 Å². The lowest BCUT2D eigenvalue weighted by molar-refractivity contribution is -0.126. The van der Waals surface area contributed by atoms with Crippen LogP contribution in [0.3, 0.4) is 0 Å². The molecular weight excluding hydrogens is 401 g/mol. The van der Waals surface area contributed by atoms with Crippen LogP contribution >= 0.6 is 0 Å². The highest BCUT2D eigenvalue weighted by Gasteiger charge is 2.31. The highest BCUT2D eigenvalue weighted by atomic mass is 19.1. The molecule has 0 spiro atoms. The number of halogens is 1. The molecule has 1 aromatic carbocycles. The fourth-order valence-electron chi connectivity index (χ4n) is 3.98. The van der Waals surface area contributed by atoms with E-state index in [1.54, 1.807) is 43.9 Å². The Morgan fingerprint density at radius 2 is 2.00 bits per heavy atom. The van der Waals surface area contributed by atoms with Gasteiger partial charge in [-0.05, 0) is 45.2 Å². The topological polar surface area (TPSA) is 91.5 Å². The standard InChI is InChI=1S/C23H28FN3O4/c1-4-31-23(30)19-14(2)20(26-15(19)3)22(29)27-11-7-9-17(13-27)21(28)25-12-16-8-5-6-10-18(16)24/h5-6,8,10,17,26H,4,7,9,11-13H2,1-3H3,(H,25,28). The number of amides is 2. The summed E-state index contributed by atoms with van der Waals surface area (Å²) in [6.45, 7) is 6.33. The van der Waals surface area contributed by atoms with Gasteiger partial charge in [0.25, 0.3) is 5.91 Å². The lowest BCUT2D eigenvalue weighted by atomic mass is 9.96. The van der Waals surface area contributed by atoms with E-state index in [9.17, 15) is 18.8 Å². The summed E-state index contributed by atoms with van der Waals surface area (Å²) in [6, 6.07) is 6.30. The van der Waals surface area contributed by atoms with Crippen molar-refractivity contribution in [2.24, 2.45) is 5.92 Å². The third-order valence-electron chi connectivity index (χ3n) is 5.62. The fourth-order valence-corrected chi connectivity index (χ4v) is 3.98. The minimum absolute atomic E-state index is 0.105. The zero-order valence-corrected chi connectivity index (χ0v) is 18.1. The molecule has 1 aliphatic heterocycles. The van der Waals surface area contributed by atoms with Gasteiger partial charge in [0.1, 0.15) is 11.5 Å². The van der Waals surface area contributed by atoms with Gasteiger partial charge in [0.2, 0.25) is 5.91 Å². The predicted molar refractivity (Wildman–Crippen MR) is 113 cm³/mol. The van der Waals surface area contributed by atoms with Crippen molar-refractivity contribution < 1.29 is 23.5 Å². The van der Waals surface area contributed by atoms with Crippen LogP contribution in [0.15, 0.2) is 24.3 Å². The molecule has 0 bridgehead atoms. The second-order valence-electron chi connectivity index (χ2n) is 7.75. The van der Waals surface area contributed by atoms with E-state index in [1.165, 1.54) is 6.07 Å². The first kappa shape index (κ1) is 22.5. The Balaban J connectivity index is 1.67. The number of ether oxygens (including phenoxy) is 1. The fraction of sp³-hybridized carbons (Fsp3) is 0.435. The second kappa shape index (κ2) is 9.76. The summed E-state index contributed by atoms with van der Waals surface area (Å²) in [7, 11) is 0. The molecule has 0 saturated carbocycles. The average Bonchev–Trinajstić information content (AvgIpc) is 3.06. The monoisotopic (exact) mass is 429 g/mol. The van der Waals surface area contributed by atoms with Gasteiger partial charge in [-0.25, -0.2) is 9.18 Å². The Morgan fingerprint density at radius 1 is 1.26 bits per heavy atom. The van der Waals surface area contributed by atoms with E-state index >= 15 is 0 Å². The molecule has 1 atom stereocenters. The summed E-state index contributed by atoms with van der Waals surface area (Å²) in [5.41, 5.74) is 2.26. The first-order chi connectivity index (χ1) is 14.8. The van der Waals surface area contributed by atoms with E-state index in [2.05, 4.69) is 10.3 Å². The molecule has 2 aromatic rings. The Hall–Kier alpha value is -3.16. The molecule has 8 heteroatoms. The maximum absolute atomic E-state index is 13.8. The van der Waals surface area contributed by atoms with Gasteiger partial charge in [-0.15, -0.1) is 0 Å². The van der Waals surface area contributed by atoms with Crippen LogP contribution in [-0.2, 0) is 16.1 Å². The molecule has 2 heterocycles. The number of carbonyl (C=O) groups is 3. The Kier molecular flexibility index (Phi) is 7.09. The van der Waals surface area contributed by atoms with Gasteiger partial charge in [0.05, 0.1) is 18.1 Å². The van der Waals surface area contributed by atoms with Crippen molar-refractivity contribution >= 4 is 17.8 Å². The number of likely N-dealkylation sites (tertiary alicyclic amines) is 1. The van der Waals surface area contributed by atoms with Crippen LogP contribution in [-0.4, -0.2) is 47.4 Å². The van der Waals surface area contributed by atoms with Crippen LogP contribution in [0.5, 0.6) is 0 Å². The quantitative estimate of drug-likeness (QED) is 0.691. The molecule has 2 amide bonds. The Morgan fingerprint density at radius 3 is 2.71 bits per heavy atom. The van der Waals surface area contributed by atoms with E-state index in [-0.39, 0.29) is 43.2 Å². The van der Waals surface area contributed by atoms with Crippen LogP contribution in [0.4, 0.5) is 4.39 Å². The molecule has 7 nitrogen and oxygen atoms in total. The molecule has 1 saturated heterocycles. The number of piperidine rings is 1. The highest BCUT2D eigenvalue weighted by Crippen LogP contribution is 2.24. The number of esters is 1. The van der Waals surface area contributed by atoms with Gasteiger partial charge in [0.15, 0.2) is 0 Å². The molecule has 1 aliphatic rings. The lowest BCUT2D eigenvalue weighted by Crippen LogP contribution is -2.45. The van der Waals surface area contributed by atoms with Crippen LogP contribution in [0, 0.1) is 25.6 Å². The Bertz CT molecular complexity index is 985. The minimum atomic E-state index is -0.461. The van der Waals surface area contributed by atoms with Crippen LogP contribution in [0.1, 0.15) is 57.4 Å². The molecule has 0 radical (unpaired) electrons. The largest absolute Gasteiger partial charge is 0.462 e.